The number of pyridine rings is 1. The second-order valence-corrected chi connectivity index (χ2v) is 4.52. The fourth-order valence-corrected chi connectivity index (χ4v) is 1.74. The van der Waals surface area contributed by atoms with E-state index in [4.69, 9.17) is 4.74 Å². The van der Waals surface area contributed by atoms with E-state index in [0.717, 1.165) is 12.8 Å². The maximum Gasteiger partial charge on any atom is 0.257 e. The number of ether oxygens (including phenoxy) is 1. The van der Waals surface area contributed by atoms with Crippen molar-refractivity contribution < 1.29 is 9.53 Å². The van der Waals surface area contributed by atoms with Crippen LogP contribution in [-0.2, 0) is 0 Å². The molecule has 0 aliphatic heterocycles. The minimum atomic E-state index is -0.124. The fraction of sp³-hybridized carbons (Fsp3) is 0.200. The van der Waals surface area contributed by atoms with Gasteiger partial charge in [-0.1, -0.05) is 18.2 Å². The van der Waals surface area contributed by atoms with Crippen LogP contribution in [0.3, 0.4) is 0 Å². The van der Waals surface area contributed by atoms with Crippen LogP contribution in [0, 0.1) is 0 Å². The van der Waals surface area contributed by atoms with Gasteiger partial charge in [0.1, 0.15) is 11.3 Å². The highest BCUT2D eigenvalue weighted by atomic mass is 16.5. The number of amides is 1. The molecule has 0 atom stereocenters. The lowest BCUT2D eigenvalue weighted by Crippen LogP contribution is -2.25. The molecular weight excluding hydrogens is 240 g/mol. The van der Waals surface area contributed by atoms with Gasteiger partial charge in [-0.15, -0.1) is 0 Å². The lowest BCUT2D eigenvalue weighted by Gasteiger charge is -2.09. The van der Waals surface area contributed by atoms with Crippen molar-refractivity contribution in [1.82, 2.24) is 10.3 Å². The third kappa shape index (κ3) is 2.91. The molecule has 1 amide bonds. The van der Waals surface area contributed by atoms with E-state index in [1.807, 2.05) is 30.3 Å². The summed E-state index contributed by atoms with van der Waals surface area (Å²) >= 11 is 0. The molecule has 4 heteroatoms. The summed E-state index contributed by atoms with van der Waals surface area (Å²) in [5.74, 6) is 0.884. The number of hydrogen-bond acceptors (Lipinski definition) is 3. The Kier molecular flexibility index (Phi) is 3.14. The highest BCUT2D eigenvalue weighted by Crippen LogP contribution is 2.24. The molecule has 2 aromatic rings. The smallest absolute Gasteiger partial charge is 0.257 e. The molecule has 4 nitrogen and oxygen atoms in total. The van der Waals surface area contributed by atoms with Crippen LogP contribution < -0.4 is 10.1 Å². The standard InChI is InChI=1S/C15H14N2O2/c18-14(17-11-8-9-11)13-7-4-10-16-15(13)19-12-5-2-1-3-6-12/h1-7,10-11H,8-9H2,(H,17,18). The quantitative estimate of drug-likeness (QED) is 0.912. The van der Waals surface area contributed by atoms with Gasteiger partial charge in [0.25, 0.3) is 5.91 Å². The first-order valence-electron chi connectivity index (χ1n) is 6.32. The molecule has 19 heavy (non-hydrogen) atoms. The Balaban J connectivity index is 1.82. The highest BCUT2D eigenvalue weighted by Gasteiger charge is 2.25. The number of carbonyl (C=O) groups excluding carboxylic acids is 1. The van der Waals surface area contributed by atoms with Crippen LogP contribution in [0.1, 0.15) is 23.2 Å². The van der Waals surface area contributed by atoms with E-state index in [1.165, 1.54) is 0 Å². The van der Waals surface area contributed by atoms with Crippen molar-refractivity contribution in [2.24, 2.45) is 0 Å². The Bertz CT molecular complexity index is 580. The summed E-state index contributed by atoms with van der Waals surface area (Å²) in [6.45, 7) is 0. The molecule has 1 aromatic carbocycles. The van der Waals surface area contributed by atoms with Gasteiger partial charge >= 0.3 is 0 Å². The van der Waals surface area contributed by atoms with Crippen molar-refractivity contribution in [3.63, 3.8) is 0 Å². The molecule has 1 fully saturated rings. The maximum atomic E-state index is 12.1. The van der Waals surface area contributed by atoms with Crippen LogP contribution in [0.2, 0.25) is 0 Å². The molecule has 1 N–H and O–H groups in total. The summed E-state index contributed by atoms with van der Waals surface area (Å²) in [4.78, 5) is 16.2. The molecule has 0 radical (unpaired) electrons. The van der Waals surface area contributed by atoms with Crippen LogP contribution in [0.4, 0.5) is 0 Å². The summed E-state index contributed by atoms with van der Waals surface area (Å²) in [6, 6.07) is 13.1. The lowest BCUT2D eigenvalue weighted by molar-refractivity contribution is 0.0948. The molecule has 1 aliphatic carbocycles. The highest BCUT2D eigenvalue weighted by molar-refractivity contribution is 5.96. The van der Waals surface area contributed by atoms with Crippen molar-refractivity contribution in [3.8, 4) is 11.6 Å². The van der Waals surface area contributed by atoms with Crippen LogP contribution >= 0.6 is 0 Å². The molecule has 0 spiro atoms. The number of benzene rings is 1. The molecule has 0 bridgehead atoms. The van der Waals surface area contributed by atoms with Gasteiger partial charge in [-0.05, 0) is 37.1 Å². The molecule has 1 heterocycles. The van der Waals surface area contributed by atoms with Crippen molar-refractivity contribution >= 4 is 5.91 Å². The van der Waals surface area contributed by atoms with Gasteiger partial charge in [-0.3, -0.25) is 4.79 Å². The average Bonchev–Trinajstić information content (AvgIpc) is 3.24. The maximum absolute atomic E-state index is 12.1. The van der Waals surface area contributed by atoms with Crippen LogP contribution in [-0.4, -0.2) is 16.9 Å². The summed E-state index contributed by atoms with van der Waals surface area (Å²) < 4.78 is 5.66. The summed E-state index contributed by atoms with van der Waals surface area (Å²) in [7, 11) is 0. The third-order valence-corrected chi connectivity index (χ3v) is 2.89. The second kappa shape index (κ2) is 5.10. The van der Waals surface area contributed by atoms with E-state index >= 15 is 0 Å². The zero-order valence-corrected chi connectivity index (χ0v) is 10.4. The lowest BCUT2D eigenvalue weighted by atomic mass is 10.2. The Hall–Kier alpha value is -2.36. The van der Waals surface area contributed by atoms with Crippen LogP contribution in [0.5, 0.6) is 11.6 Å². The first-order valence-corrected chi connectivity index (χ1v) is 6.32. The molecule has 1 aliphatic rings. The van der Waals surface area contributed by atoms with E-state index in [2.05, 4.69) is 10.3 Å². The van der Waals surface area contributed by atoms with Crippen molar-refractivity contribution in [1.29, 1.82) is 0 Å². The summed E-state index contributed by atoms with van der Waals surface area (Å²) in [5.41, 5.74) is 0.471. The molecule has 0 unspecified atom stereocenters. The predicted octanol–water partition coefficient (Wildman–Crippen LogP) is 2.77. The van der Waals surface area contributed by atoms with E-state index in [-0.39, 0.29) is 5.91 Å². The minimum absolute atomic E-state index is 0.124. The van der Waals surface area contributed by atoms with E-state index in [9.17, 15) is 4.79 Å². The number of nitrogens with one attached hydrogen (secondary N) is 1. The second-order valence-electron chi connectivity index (χ2n) is 4.52. The van der Waals surface area contributed by atoms with Gasteiger partial charge in [0.15, 0.2) is 0 Å². The zero-order valence-electron chi connectivity index (χ0n) is 10.4. The Morgan fingerprint density at radius 2 is 1.95 bits per heavy atom. The number of carbonyl (C=O) groups is 1. The van der Waals surface area contributed by atoms with Crippen molar-refractivity contribution in [2.45, 2.75) is 18.9 Å². The Morgan fingerprint density at radius 1 is 1.16 bits per heavy atom. The van der Waals surface area contributed by atoms with Crippen molar-refractivity contribution in [2.75, 3.05) is 0 Å². The summed E-state index contributed by atoms with van der Waals surface area (Å²) in [6.07, 6.45) is 3.73. The van der Waals surface area contributed by atoms with E-state index in [1.54, 1.807) is 18.3 Å². The van der Waals surface area contributed by atoms with Gasteiger partial charge in [0.2, 0.25) is 5.88 Å². The fourth-order valence-electron chi connectivity index (χ4n) is 1.74. The van der Waals surface area contributed by atoms with E-state index < -0.39 is 0 Å². The first-order chi connectivity index (χ1) is 9.33. The molecule has 0 saturated heterocycles. The van der Waals surface area contributed by atoms with Gasteiger partial charge in [0.05, 0.1) is 0 Å². The minimum Gasteiger partial charge on any atom is -0.438 e. The molecular formula is C15H14N2O2. The largest absolute Gasteiger partial charge is 0.438 e. The van der Waals surface area contributed by atoms with Crippen molar-refractivity contribution in [3.05, 3.63) is 54.2 Å². The number of aromatic nitrogens is 1. The van der Waals surface area contributed by atoms with Crippen LogP contribution in [0.15, 0.2) is 48.7 Å². The van der Waals surface area contributed by atoms with Gasteiger partial charge in [-0.2, -0.15) is 0 Å². The number of para-hydroxylation sites is 1. The van der Waals surface area contributed by atoms with Crippen LogP contribution in [0.25, 0.3) is 0 Å². The number of hydrogen-bond donors (Lipinski definition) is 1. The molecule has 1 aromatic heterocycles. The first kappa shape index (κ1) is 11.7. The van der Waals surface area contributed by atoms with Gasteiger partial charge in [-0.25, -0.2) is 4.98 Å². The third-order valence-electron chi connectivity index (χ3n) is 2.89. The monoisotopic (exact) mass is 254 g/mol. The average molecular weight is 254 g/mol. The molecule has 3 rings (SSSR count). The number of rotatable bonds is 4. The SMILES string of the molecule is O=C(NC1CC1)c1cccnc1Oc1ccccc1. The normalized spacial score (nSPS) is 13.9. The van der Waals surface area contributed by atoms with Gasteiger partial charge < -0.3 is 10.1 Å². The summed E-state index contributed by atoms with van der Waals surface area (Å²) in [5, 5.41) is 2.94. The zero-order chi connectivity index (χ0) is 13.1. The number of nitrogens with zero attached hydrogens (tertiary/aromatic N) is 1. The Morgan fingerprint density at radius 3 is 2.68 bits per heavy atom. The van der Waals surface area contributed by atoms with E-state index in [0.29, 0.717) is 23.2 Å². The Labute approximate surface area is 111 Å². The predicted molar refractivity (Wildman–Crippen MR) is 71.2 cm³/mol. The molecule has 1 saturated carbocycles. The van der Waals surface area contributed by atoms with Gasteiger partial charge in [0, 0.05) is 12.2 Å². The molecule has 96 valence electrons. The topological polar surface area (TPSA) is 51.2 Å².